The second-order valence-electron chi connectivity index (χ2n) is 6.87. The van der Waals surface area contributed by atoms with Crippen LogP contribution in [0.1, 0.15) is 31.9 Å². The molecular weight excluding hydrogens is 461 g/mol. The molecule has 0 aliphatic heterocycles. The highest BCUT2D eigenvalue weighted by Crippen LogP contribution is 2.41. The largest absolute Gasteiger partial charge is 0.472 e. The van der Waals surface area contributed by atoms with Crippen LogP contribution in [-0.2, 0) is 22.1 Å². The molecule has 0 unspecified atom stereocenters. The van der Waals surface area contributed by atoms with Crippen LogP contribution in [0, 0.1) is 0 Å². The zero-order valence-electron chi connectivity index (χ0n) is 15.3. The van der Waals surface area contributed by atoms with Gasteiger partial charge in [0.2, 0.25) is 0 Å². The number of amides is 2. The molecule has 14 heteroatoms. The van der Waals surface area contributed by atoms with Gasteiger partial charge in [-0.15, -0.1) is 0 Å². The number of anilines is 1. The first-order valence-corrected chi connectivity index (χ1v) is 8.12. The molecule has 1 rings (SSSR count). The lowest BCUT2D eigenvalue weighted by Gasteiger charge is -2.29. The third-order valence-electron chi connectivity index (χ3n) is 3.11. The van der Waals surface area contributed by atoms with Crippen LogP contribution in [0.4, 0.5) is 50.0 Å². The predicted octanol–water partition coefficient (Wildman–Crippen LogP) is 6.29. The molecule has 0 aliphatic rings. The molecule has 1 aromatic rings. The van der Waals surface area contributed by atoms with Crippen LogP contribution < -0.4 is 4.90 Å². The zero-order chi connectivity index (χ0) is 23.9. The van der Waals surface area contributed by atoms with Crippen LogP contribution >= 0.6 is 11.6 Å². The molecule has 1 aromatic carbocycles. The number of carbonyl (C=O) groups is 2. The number of ether oxygens (including phenoxy) is 1. The van der Waals surface area contributed by atoms with Crippen molar-refractivity contribution in [3.63, 3.8) is 0 Å². The highest BCUT2D eigenvalue weighted by atomic mass is 35.5. The molecule has 0 heterocycles. The second-order valence-corrected chi connectivity index (χ2v) is 7.28. The summed E-state index contributed by atoms with van der Waals surface area (Å²) in [6.45, 7) is 3.52. The molecule has 0 bridgehead atoms. The van der Waals surface area contributed by atoms with Crippen molar-refractivity contribution < 1.29 is 53.8 Å². The fourth-order valence-electron chi connectivity index (χ4n) is 2.13. The Hall–Kier alpha value is -2.18. The maximum atomic E-state index is 13.0. The number of benzene rings is 1. The average molecular weight is 474 g/mol. The van der Waals surface area contributed by atoms with E-state index >= 15 is 0 Å². The van der Waals surface area contributed by atoms with E-state index in [9.17, 15) is 49.1 Å². The Morgan fingerprint density at radius 1 is 0.967 bits per heavy atom. The minimum atomic E-state index is -5.79. The summed E-state index contributed by atoms with van der Waals surface area (Å²) in [5, 5.41) is -1.34. The van der Waals surface area contributed by atoms with Crippen LogP contribution in [0.25, 0.3) is 0 Å². The van der Waals surface area contributed by atoms with Crippen LogP contribution in [0.2, 0.25) is 5.02 Å². The van der Waals surface area contributed by atoms with Gasteiger partial charge in [-0.25, -0.2) is 9.69 Å². The normalized spacial score (nSPS) is 13.2. The molecule has 0 N–H and O–H groups in total. The third-order valence-corrected chi connectivity index (χ3v) is 3.39. The van der Waals surface area contributed by atoms with Gasteiger partial charge in [0.15, 0.2) is 0 Å². The number of hydrogen-bond donors (Lipinski definition) is 0. The van der Waals surface area contributed by atoms with Gasteiger partial charge in [-0.3, -0.25) is 4.79 Å². The number of nitrogens with zero attached hydrogens (tertiary/aromatic N) is 1. The maximum absolute atomic E-state index is 13.0. The van der Waals surface area contributed by atoms with Gasteiger partial charge in [0, 0.05) is 0 Å². The van der Waals surface area contributed by atoms with E-state index in [1.165, 1.54) is 20.8 Å². The summed E-state index contributed by atoms with van der Waals surface area (Å²) in [5.74, 6) is -3.00. The summed E-state index contributed by atoms with van der Waals surface area (Å²) in [5.41, 5.74) is -6.23. The van der Waals surface area contributed by atoms with E-state index in [-0.39, 0.29) is 12.1 Å². The fraction of sp³-hybridized carbons (Fsp3) is 0.500. The van der Waals surface area contributed by atoms with Gasteiger partial charge in [0.05, 0.1) is 22.7 Å². The van der Waals surface area contributed by atoms with E-state index in [0.717, 1.165) is 0 Å². The molecule has 0 atom stereocenters. The maximum Gasteiger partial charge on any atom is 0.472 e. The molecule has 2 amide bonds. The van der Waals surface area contributed by atoms with Crippen molar-refractivity contribution in [2.45, 2.75) is 51.3 Å². The number of halogens is 10. The van der Waals surface area contributed by atoms with Gasteiger partial charge < -0.3 is 4.74 Å². The number of rotatable bonds is 2. The lowest BCUT2D eigenvalue weighted by molar-refractivity contribution is -0.170. The van der Waals surface area contributed by atoms with Crippen molar-refractivity contribution >= 4 is 29.3 Å². The van der Waals surface area contributed by atoms with E-state index < -0.39 is 69.3 Å². The Morgan fingerprint density at radius 2 is 1.47 bits per heavy atom. The minimum absolute atomic E-state index is 0.00220. The zero-order valence-corrected chi connectivity index (χ0v) is 16.1. The monoisotopic (exact) mass is 473 g/mol. The molecule has 0 aromatic heterocycles. The highest BCUT2D eigenvalue weighted by Gasteiger charge is 2.49. The molecule has 0 radical (unpaired) electrons. The Labute approximate surface area is 168 Å². The molecule has 0 fully saturated rings. The summed E-state index contributed by atoms with van der Waals surface area (Å²) in [6.07, 6.45) is -20.5. The van der Waals surface area contributed by atoms with Crippen LogP contribution in [0.5, 0.6) is 0 Å². The van der Waals surface area contributed by atoms with Crippen LogP contribution in [-0.4, -0.2) is 30.0 Å². The molecule has 0 spiro atoms. The standard InChI is InChI=1S/C16H13ClF9NO3/c1-13(2,3)30-12(29)27(11(28)16(24,25)26)10-7(6-14(18,19)20)4-8(5-9(10)17)15(21,22)23/h4-5H,6H2,1-3H3. The lowest BCUT2D eigenvalue weighted by atomic mass is 10.0. The summed E-state index contributed by atoms with van der Waals surface area (Å²) in [7, 11) is 0. The topological polar surface area (TPSA) is 46.6 Å². The second kappa shape index (κ2) is 8.16. The smallest absolute Gasteiger partial charge is 0.443 e. The van der Waals surface area contributed by atoms with Gasteiger partial charge in [-0.05, 0) is 38.5 Å². The molecule has 170 valence electrons. The predicted molar refractivity (Wildman–Crippen MR) is 86.0 cm³/mol. The van der Waals surface area contributed by atoms with Crippen molar-refractivity contribution in [1.29, 1.82) is 0 Å². The highest BCUT2D eigenvalue weighted by molar-refractivity contribution is 6.35. The van der Waals surface area contributed by atoms with E-state index in [1.54, 1.807) is 0 Å². The van der Waals surface area contributed by atoms with Crippen LogP contribution in [0.15, 0.2) is 12.1 Å². The third kappa shape index (κ3) is 6.96. The number of carbonyl (C=O) groups excluding carboxylic acids is 2. The molecule has 0 saturated carbocycles. The summed E-state index contributed by atoms with van der Waals surface area (Å²) >= 11 is 5.54. The summed E-state index contributed by atoms with van der Waals surface area (Å²) in [6, 6.07) is -0.145. The minimum Gasteiger partial charge on any atom is -0.443 e. The Morgan fingerprint density at radius 3 is 1.83 bits per heavy atom. The van der Waals surface area contributed by atoms with Crippen LogP contribution in [0.3, 0.4) is 0 Å². The Bertz CT molecular complexity index is 823. The molecule has 0 aliphatic carbocycles. The SMILES string of the molecule is CC(C)(C)OC(=O)N(C(=O)C(F)(F)F)c1c(Cl)cc(C(F)(F)F)cc1CC(F)(F)F. The van der Waals surface area contributed by atoms with Crippen molar-refractivity contribution in [2.75, 3.05) is 4.90 Å². The fourth-order valence-corrected chi connectivity index (χ4v) is 2.45. The van der Waals surface area contributed by atoms with Gasteiger partial charge in [0.1, 0.15) is 5.60 Å². The van der Waals surface area contributed by atoms with Crippen molar-refractivity contribution in [3.8, 4) is 0 Å². The first-order valence-electron chi connectivity index (χ1n) is 7.74. The van der Waals surface area contributed by atoms with E-state index in [0.29, 0.717) is 0 Å². The molecule has 4 nitrogen and oxygen atoms in total. The lowest BCUT2D eigenvalue weighted by Crippen LogP contribution is -2.48. The van der Waals surface area contributed by atoms with Gasteiger partial charge in [0.25, 0.3) is 0 Å². The van der Waals surface area contributed by atoms with E-state index in [4.69, 9.17) is 11.6 Å². The number of hydrogen-bond acceptors (Lipinski definition) is 3. The Balaban J connectivity index is 3.84. The first-order chi connectivity index (χ1) is 13.1. The number of imide groups is 1. The molecule has 0 saturated heterocycles. The quantitative estimate of drug-likeness (QED) is 0.474. The van der Waals surface area contributed by atoms with Crippen molar-refractivity contribution in [3.05, 3.63) is 28.3 Å². The van der Waals surface area contributed by atoms with Gasteiger partial charge >= 0.3 is 30.5 Å². The van der Waals surface area contributed by atoms with Gasteiger partial charge in [-0.1, -0.05) is 11.6 Å². The van der Waals surface area contributed by atoms with E-state index in [1.807, 2.05) is 0 Å². The van der Waals surface area contributed by atoms with Crippen molar-refractivity contribution in [2.24, 2.45) is 0 Å². The average Bonchev–Trinajstić information content (AvgIpc) is 2.44. The first kappa shape index (κ1) is 25.9. The van der Waals surface area contributed by atoms with Crippen molar-refractivity contribution in [1.82, 2.24) is 0 Å². The molecular formula is C16H13ClF9NO3. The molecule has 30 heavy (non-hydrogen) atoms. The Kier molecular flexibility index (Phi) is 7.03. The summed E-state index contributed by atoms with van der Waals surface area (Å²) in [4.78, 5) is 23.2. The number of alkyl halides is 9. The van der Waals surface area contributed by atoms with E-state index in [2.05, 4.69) is 4.74 Å². The van der Waals surface area contributed by atoms with Gasteiger partial charge in [-0.2, -0.15) is 39.5 Å². The summed E-state index contributed by atoms with van der Waals surface area (Å²) < 4.78 is 121.